The number of nitrogens with one attached hydrogen (secondary N) is 1. The number of thiazole rings is 1. The summed E-state index contributed by atoms with van der Waals surface area (Å²) in [5.41, 5.74) is 2.28. The van der Waals surface area contributed by atoms with Crippen molar-refractivity contribution >= 4 is 62.1 Å². The highest BCUT2D eigenvalue weighted by atomic mass is 79.9. The molecule has 0 aliphatic heterocycles. The Hall–Kier alpha value is -1.40. The van der Waals surface area contributed by atoms with E-state index in [4.69, 9.17) is 23.2 Å². The summed E-state index contributed by atoms with van der Waals surface area (Å²) >= 11 is 16.8. The van der Waals surface area contributed by atoms with Crippen molar-refractivity contribution in [2.45, 2.75) is 6.42 Å². The highest BCUT2D eigenvalue weighted by Gasteiger charge is 2.11. The first-order chi connectivity index (χ1) is 11.5. The van der Waals surface area contributed by atoms with Crippen LogP contribution in [0.4, 0.5) is 5.69 Å². The highest BCUT2D eigenvalue weighted by molar-refractivity contribution is 9.10. The molecule has 2 aromatic carbocycles. The fraction of sp³-hybridized carbons (Fsp3) is 0.0588. The molecule has 1 N–H and O–H groups in total. The number of nitrogens with zero attached hydrogens (tertiary/aromatic N) is 1. The lowest BCUT2D eigenvalue weighted by atomic mass is 10.2. The van der Waals surface area contributed by atoms with E-state index < -0.39 is 0 Å². The SMILES string of the molecule is O=C(Cc1csc(-c2ccc(Cl)cc2)n1)Nc1ccc(Br)cc1Cl. The molecule has 0 fully saturated rings. The zero-order valence-corrected chi connectivity index (χ0v) is 16.1. The normalized spacial score (nSPS) is 10.6. The summed E-state index contributed by atoms with van der Waals surface area (Å²) < 4.78 is 0.859. The van der Waals surface area contributed by atoms with Gasteiger partial charge in [-0.05, 0) is 30.3 Å². The smallest absolute Gasteiger partial charge is 0.230 e. The Kier molecular flexibility index (Phi) is 5.56. The molecule has 1 heterocycles. The van der Waals surface area contributed by atoms with Crippen molar-refractivity contribution in [3.8, 4) is 10.6 Å². The standard InChI is InChI=1S/C17H11BrCl2N2OS/c18-11-3-6-15(14(20)7-11)22-16(23)8-13-9-24-17(21-13)10-1-4-12(19)5-2-10/h1-7,9H,8H2,(H,22,23). The van der Waals surface area contributed by atoms with Gasteiger partial charge in [-0.2, -0.15) is 0 Å². The predicted octanol–water partition coefficient (Wildman–Crippen LogP) is 6.06. The minimum absolute atomic E-state index is 0.160. The van der Waals surface area contributed by atoms with Gasteiger partial charge in [-0.3, -0.25) is 4.79 Å². The Labute approximate surface area is 161 Å². The number of hydrogen-bond acceptors (Lipinski definition) is 3. The summed E-state index contributed by atoms with van der Waals surface area (Å²) in [5, 5.41) is 6.70. The number of anilines is 1. The summed E-state index contributed by atoms with van der Waals surface area (Å²) in [6.07, 6.45) is 0.191. The maximum absolute atomic E-state index is 12.2. The lowest BCUT2D eigenvalue weighted by Gasteiger charge is -2.06. The fourth-order valence-corrected chi connectivity index (χ4v) is 3.74. The van der Waals surface area contributed by atoms with Gasteiger partial charge < -0.3 is 5.32 Å². The third kappa shape index (κ3) is 4.36. The Balaban J connectivity index is 1.68. The third-order valence-corrected chi connectivity index (χ3v) is 5.19. The van der Waals surface area contributed by atoms with Crippen molar-refractivity contribution in [1.29, 1.82) is 0 Å². The van der Waals surface area contributed by atoms with Crippen LogP contribution in [0.15, 0.2) is 52.3 Å². The fourth-order valence-electron chi connectivity index (χ4n) is 2.06. The van der Waals surface area contributed by atoms with E-state index in [2.05, 4.69) is 26.2 Å². The second kappa shape index (κ2) is 7.66. The molecule has 3 aromatic rings. The topological polar surface area (TPSA) is 42.0 Å². The molecule has 0 unspecified atom stereocenters. The molecule has 1 aromatic heterocycles. The quantitative estimate of drug-likeness (QED) is 0.534. The zero-order valence-electron chi connectivity index (χ0n) is 12.2. The van der Waals surface area contributed by atoms with E-state index in [0.29, 0.717) is 15.7 Å². The van der Waals surface area contributed by atoms with Gasteiger partial charge in [0, 0.05) is 20.4 Å². The Bertz CT molecular complexity index is 881. The minimum Gasteiger partial charge on any atom is -0.324 e. The Morgan fingerprint density at radius 2 is 1.92 bits per heavy atom. The van der Waals surface area contributed by atoms with Gasteiger partial charge in [0.05, 0.1) is 22.8 Å². The van der Waals surface area contributed by atoms with Crippen LogP contribution in [0, 0.1) is 0 Å². The molecular weight excluding hydrogens is 431 g/mol. The lowest BCUT2D eigenvalue weighted by Crippen LogP contribution is -2.14. The molecular formula is C17H11BrCl2N2OS. The molecule has 0 atom stereocenters. The zero-order chi connectivity index (χ0) is 17.1. The highest BCUT2D eigenvalue weighted by Crippen LogP contribution is 2.27. The molecule has 0 spiro atoms. The van der Waals surface area contributed by atoms with Crippen molar-refractivity contribution in [2.75, 3.05) is 5.32 Å². The molecule has 1 amide bonds. The second-order valence-electron chi connectivity index (χ2n) is 5.00. The number of rotatable bonds is 4. The van der Waals surface area contributed by atoms with Gasteiger partial charge in [0.1, 0.15) is 5.01 Å². The number of amides is 1. The summed E-state index contributed by atoms with van der Waals surface area (Å²) in [6.45, 7) is 0. The summed E-state index contributed by atoms with van der Waals surface area (Å²) in [4.78, 5) is 16.7. The van der Waals surface area contributed by atoms with E-state index in [1.165, 1.54) is 11.3 Å². The van der Waals surface area contributed by atoms with Crippen LogP contribution in [0.5, 0.6) is 0 Å². The van der Waals surface area contributed by atoms with Crippen molar-refractivity contribution in [1.82, 2.24) is 4.98 Å². The number of hydrogen-bond donors (Lipinski definition) is 1. The van der Waals surface area contributed by atoms with Crippen LogP contribution in [0.2, 0.25) is 10.0 Å². The van der Waals surface area contributed by atoms with E-state index in [9.17, 15) is 4.79 Å². The van der Waals surface area contributed by atoms with Crippen LogP contribution in [0.3, 0.4) is 0 Å². The van der Waals surface area contributed by atoms with Gasteiger partial charge in [0.25, 0.3) is 0 Å². The number of benzene rings is 2. The number of aromatic nitrogens is 1. The average molecular weight is 442 g/mol. The molecule has 7 heteroatoms. The van der Waals surface area contributed by atoms with Crippen LogP contribution in [-0.4, -0.2) is 10.9 Å². The van der Waals surface area contributed by atoms with E-state index in [1.807, 2.05) is 35.7 Å². The minimum atomic E-state index is -0.160. The van der Waals surface area contributed by atoms with Crippen molar-refractivity contribution in [2.24, 2.45) is 0 Å². The van der Waals surface area contributed by atoms with Gasteiger partial charge in [0.2, 0.25) is 5.91 Å². The maximum atomic E-state index is 12.2. The molecule has 0 radical (unpaired) electrons. The number of carbonyl (C=O) groups excluding carboxylic acids is 1. The maximum Gasteiger partial charge on any atom is 0.230 e. The Morgan fingerprint density at radius 1 is 1.17 bits per heavy atom. The van der Waals surface area contributed by atoms with Crippen LogP contribution < -0.4 is 5.32 Å². The largest absolute Gasteiger partial charge is 0.324 e. The lowest BCUT2D eigenvalue weighted by molar-refractivity contribution is -0.115. The van der Waals surface area contributed by atoms with Gasteiger partial charge >= 0.3 is 0 Å². The first kappa shape index (κ1) is 17.4. The molecule has 24 heavy (non-hydrogen) atoms. The van der Waals surface area contributed by atoms with Crippen LogP contribution >= 0.6 is 50.5 Å². The predicted molar refractivity (Wildman–Crippen MR) is 104 cm³/mol. The summed E-state index contributed by atoms with van der Waals surface area (Å²) in [6, 6.07) is 12.8. The first-order valence-electron chi connectivity index (χ1n) is 6.96. The summed E-state index contributed by atoms with van der Waals surface area (Å²) in [7, 11) is 0. The molecule has 0 saturated heterocycles. The molecule has 3 rings (SSSR count). The van der Waals surface area contributed by atoms with E-state index in [-0.39, 0.29) is 12.3 Å². The molecule has 0 aliphatic carbocycles. The van der Waals surface area contributed by atoms with Crippen LogP contribution in [-0.2, 0) is 11.2 Å². The molecule has 3 nitrogen and oxygen atoms in total. The number of halogens is 3. The van der Waals surface area contributed by atoms with Gasteiger partial charge in [-0.15, -0.1) is 11.3 Å². The van der Waals surface area contributed by atoms with Crippen molar-refractivity contribution in [3.05, 3.63) is 68.1 Å². The molecule has 0 bridgehead atoms. The van der Waals surface area contributed by atoms with Gasteiger partial charge in [0.15, 0.2) is 0 Å². The number of carbonyl (C=O) groups is 1. The van der Waals surface area contributed by atoms with Gasteiger partial charge in [-0.25, -0.2) is 4.98 Å². The van der Waals surface area contributed by atoms with Crippen LogP contribution in [0.1, 0.15) is 5.69 Å². The second-order valence-corrected chi connectivity index (χ2v) is 7.62. The molecule has 0 aliphatic rings. The summed E-state index contributed by atoms with van der Waals surface area (Å²) in [5.74, 6) is -0.160. The Morgan fingerprint density at radius 3 is 2.62 bits per heavy atom. The van der Waals surface area contributed by atoms with Crippen LogP contribution in [0.25, 0.3) is 10.6 Å². The van der Waals surface area contributed by atoms with E-state index in [0.717, 1.165) is 20.7 Å². The van der Waals surface area contributed by atoms with Crippen molar-refractivity contribution in [3.63, 3.8) is 0 Å². The molecule has 0 saturated carbocycles. The van der Waals surface area contributed by atoms with Gasteiger partial charge in [-0.1, -0.05) is 51.3 Å². The molecule has 122 valence electrons. The van der Waals surface area contributed by atoms with E-state index in [1.54, 1.807) is 12.1 Å². The monoisotopic (exact) mass is 440 g/mol. The first-order valence-corrected chi connectivity index (χ1v) is 9.39. The average Bonchev–Trinajstić information content (AvgIpc) is 2.99. The van der Waals surface area contributed by atoms with Crippen molar-refractivity contribution < 1.29 is 4.79 Å². The van der Waals surface area contributed by atoms with E-state index >= 15 is 0 Å². The third-order valence-electron chi connectivity index (χ3n) is 3.19.